The summed E-state index contributed by atoms with van der Waals surface area (Å²) >= 11 is 0. The fourth-order valence-corrected chi connectivity index (χ4v) is 9.32. The topological polar surface area (TPSA) is 78.9 Å². The Bertz CT molecular complexity index is 1730. The van der Waals surface area contributed by atoms with E-state index < -0.39 is 6.10 Å². The monoisotopic (exact) mass is 1130 g/mol. The van der Waals surface area contributed by atoms with E-state index in [1.54, 1.807) is 0 Å². The molecular weight excluding hydrogens is 1010 g/mol. The van der Waals surface area contributed by atoms with Crippen LogP contribution in [0.15, 0.2) is 134 Å². The van der Waals surface area contributed by atoms with E-state index in [1.807, 2.05) is 0 Å². The first-order valence-electron chi connectivity index (χ1n) is 34.2. The third-order valence-electron chi connectivity index (χ3n) is 14.4. The van der Waals surface area contributed by atoms with Gasteiger partial charge in [-0.2, -0.15) is 0 Å². The van der Waals surface area contributed by atoms with E-state index in [2.05, 4.69) is 154 Å². The van der Waals surface area contributed by atoms with Gasteiger partial charge in [-0.1, -0.05) is 289 Å². The Morgan fingerprint density at radius 1 is 0.256 bits per heavy atom. The Labute approximate surface area is 506 Å². The summed E-state index contributed by atoms with van der Waals surface area (Å²) < 4.78 is 16.9. The van der Waals surface area contributed by atoms with Gasteiger partial charge in [0.1, 0.15) is 13.2 Å². The van der Waals surface area contributed by atoms with Crippen LogP contribution in [0.1, 0.15) is 310 Å². The highest BCUT2D eigenvalue weighted by Gasteiger charge is 2.19. The maximum atomic E-state index is 12.9. The zero-order valence-corrected chi connectivity index (χ0v) is 53.5. The van der Waals surface area contributed by atoms with Crippen molar-refractivity contribution in [1.82, 2.24) is 0 Å². The van der Waals surface area contributed by atoms with Crippen LogP contribution < -0.4 is 0 Å². The number of allylic oxidation sites excluding steroid dienone is 22. The van der Waals surface area contributed by atoms with Crippen LogP contribution in [0.4, 0.5) is 0 Å². The minimum atomic E-state index is -0.799. The number of rotatable bonds is 61. The molecule has 0 aromatic heterocycles. The van der Waals surface area contributed by atoms with Gasteiger partial charge in [0, 0.05) is 19.3 Å². The highest BCUT2D eigenvalue weighted by molar-refractivity contribution is 5.71. The average Bonchev–Trinajstić information content (AvgIpc) is 3.47. The molecule has 0 saturated heterocycles. The van der Waals surface area contributed by atoms with Crippen molar-refractivity contribution in [2.75, 3.05) is 13.2 Å². The van der Waals surface area contributed by atoms with Gasteiger partial charge in [-0.05, 0) is 135 Å². The van der Waals surface area contributed by atoms with E-state index in [0.29, 0.717) is 19.3 Å². The Hall–Kier alpha value is -4.45. The molecule has 0 aliphatic heterocycles. The van der Waals surface area contributed by atoms with Crippen molar-refractivity contribution in [3.05, 3.63) is 134 Å². The second-order valence-corrected chi connectivity index (χ2v) is 22.3. The predicted molar refractivity (Wildman–Crippen MR) is 357 cm³/mol. The molecule has 0 radical (unpaired) electrons. The summed E-state index contributed by atoms with van der Waals surface area (Å²) in [6, 6.07) is 0. The lowest BCUT2D eigenvalue weighted by Crippen LogP contribution is -2.30. The smallest absolute Gasteiger partial charge is 0.306 e. The largest absolute Gasteiger partial charge is 0.462 e. The SMILES string of the molecule is CC/C=C\C/C=C\C/C=C\C/C=C\C/C=C\CCCCCCCCCCCCCCCC(=O)OCC(COC(=O)CCCCCC/C=C\C/C=C\C/C=C\C/C=C\CC)OC(=O)CCCCCCCCC/C=C\C/C=C\CCCCCC. The second-order valence-electron chi connectivity index (χ2n) is 22.3. The highest BCUT2D eigenvalue weighted by Crippen LogP contribution is 2.16. The van der Waals surface area contributed by atoms with Gasteiger partial charge < -0.3 is 14.2 Å². The molecule has 0 aliphatic carbocycles. The van der Waals surface area contributed by atoms with Crippen molar-refractivity contribution in [2.45, 2.75) is 316 Å². The van der Waals surface area contributed by atoms with Gasteiger partial charge in [0.05, 0.1) is 0 Å². The Morgan fingerprint density at radius 2 is 0.476 bits per heavy atom. The first-order valence-corrected chi connectivity index (χ1v) is 34.2. The van der Waals surface area contributed by atoms with Gasteiger partial charge in [-0.25, -0.2) is 0 Å². The number of carbonyl (C=O) groups excluding carboxylic acids is 3. The Balaban J connectivity index is 4.35. The van der Waals surface area contributed by atoms with Gasteiger partial charge >= 0.3 is 17.9 Å². The zero-order valence-electron chi connectivity index (χ0n) is 53.5. The van der Waals surface area contributed by atoms with E-state index >= 15 is 0 Å². The molecule has 0 heterocycles. The van der Waals surface area contributed by atoms with E-state index in [4.69, 9.17) is 14.2 Å². The molecule has 1 unspecified atom stereocenters. The van der Waals surface area contributed by atoms with Crippen LogP contribution in [0.3, 0.4) is 0 Å². The summed E-state index contributed by atoms with van der Waals surface area (Å²) in [5.74, 6) is -0.918. The summed E-state index contributed by atoms with van der Waals surface area (Å²) in [4.78, 5) is 38.4. The lowest BCUT2D eigenvalue weighted by atomic mass is 10.0. The van der Waals surface area contributed by atoms with E-state index in [0.717, 1.165) is 141 Å². The zero-order chi connectivity index (χ0) is 59.2. The van der Waals surface area contributed by atoms with Crippen LogP contribution in [0.5, 0.6) is 0 Å². The lowest BCUT2D eigenvalue weighted by Gasteiger charge is -2.18. The van der Waals surface area contributed by atoms with Crippen LogP contribution >= 0.6 is 0 Å². The first kappa shape index (κ1) is 77.5. The molecule has 6 nitrogen and oxygen atoms in total. The lowest BCUT2D eigenvalue weighted by molar-refractivity contribution is -0.167. The molecule has 0 aromatic rings. The van der Waals surface area contributed by atoms with Gasteiger partial charge in [-0.3, -0.25) is 14.4 Å². The van der Waals surface area contributed by atoms with Crippen molar-refractivity contribution < 1.29 is 28.6 Å². The number of unbranched alkanes of at least 4 members (excludes halogenated alkanes) is 28. The van der Waals surface area contributed by atoms with E-state index in [-0.39, 0.29) is 31.1 Å². The average molecular weight is 1140 g/mol. The quantitative estimate of drug-likeness (QED) is 0.0261. The molecule has 0 saturated carbocycles. The van der Waals surface area contributed by atoms with Crippen LogP contribution in [0.2, 0.25) is 0 Å². The Morgan fingerprint density at radius 3 is 0.744 bits per heavy atom. The summed E-state index contributed by atoms with van der Waals surface area (Å²) in [5, 5.41) is 0. The summed E-state index contributed by atoms with van der Waals surface area (Å²) in [5.41, 5.74) is 0. The number of hydrogen-bond donors (Lipinski definition) is 0. The van der Waals surface area contributed by atoms with Crippen molar-refractivity contribution in [3.63, 3.8) is 0 Å². The molecular formula is C76H126O6. The molecule has 0 spiro atoms. The molecule has 6 heteroatoms. The summed E-state index contributed by atoms with van der Waals surface area (Å²) in [6.07, 6.45) is 97.5. The molecule has 0 aliphatic rings. The minimum absolute atomic E-state index is 0.0920. The second kappa shape index (κ2) is 69.0. The molecule has 0 amide bonds. The summed E-state index contributed by atoms with van der Waals surface area (Å²) in [7, 11) is 0. The highest BCUT2D eigenvalue weighted by atomic mass is 16.6. The predicted octanol–water partition coefficient (Wildman–Crippen LogP) is 23.7. The van der Waals surface area contributed by atoms with E-state index in [1.165, 1.54) is 128 Å². The molecule has 0 N–H and O–H groups in total. The molecule has 0 bridgehead atoms. The van der Waals surface area contributed by atoms with Gasteiger partial charge in [0.15, 0.2) is 6.10 Å². The van der Waals surface area contributed by atoms with Crippen LogP contribution in [0, 0.1) is 0 Å². The molecule has 1 atom stereocenters. The van der Waals surface area contributed by atoms with Gasteiger partial charge in [-0.15, -0.1) is 0 Å². The normalized spacial score (nSPS) is 13.0. The number of carbonyl (C=O) groups is 3. The maximum Gasteiger partial charge on any atom is 0.306 e. The minimum Gasteiger partial charge on any atom is -0.462 e. The number of esters is 3. The van der Waals surface area contributed by atoms with Crippen molar-refractivity contribution in [3.8, 4) is 0 Å². The molecule has 82 heavy (non-hydrogen) atoms. The van der Waals surface area contributed by atoms with Crippen molar-refractivity contribution in [1.29, 1.82) is 0 Å². The molecule has 0 rings (SSSR count). The summed E-state index contributed by atoms with van der Waals surface area (Å²) in [6.45, 7) is 6.39. The molecule has 0 fully saturated rings. The van der Waals surface area contributed by atoms with Crippen molar-refractivity contribution in [2.24, 2.45) is 0 Å². The van der Waals surface area contributed by atoms with E-state index in [9.17, 15) is 14.4 Å². The van der Waals surface area contributed by atoms with Gasteiger partial charge in [0.25, 0.3) is 0 Å². The molecule has 0 aromatic carbocycles. The number of hydrogen-bond acceptors (Lipinski definition) is 6. The fourth-order valence-electron chi connectivity index (χ4n) is 9.32. The van der Waals surface area contributed by atoms with Crippen LogP contribution in [-0.2, 0) is 28.6 Å². The fraction of sp³-hybridized carbons (Fsp3) is 0.671. The maximum absolute atomic E-state index is 12.9. The molecule has 466 valence electrons. The number of ether oxygens (including phenoxy) is 3. The standard InChI is InChI=1S/C76H126O6/c1-4-7-10-13-16-19-22-25-28-31-33-34-35-36-37-38-39-40-41-42-43-46-48-51-54-57-60-63-66-69-75(78)81-72-73(71-80-74(77)68-65-62-59-56-53-50-47-44-30-27-24-21-18-15-12-9-6-3)82-76(79)70-67-64-61-58-55-52-49-45-32-29-26-23-20-17-14-11-8-5-2/h7,9-10,12,16,18-21,23,25,27-30,32-34,36-37,47,50,73H,4-6,8,11,13-15,17,22,24,26,31,35,38-46,48-49,51-72H2,1-3H3/b10-7-,12-9-,19-16-,21-18-,23-20-,28-25-,30-27-,32-29-,34-33-,37-36-,50-47-. The third kappa shape index (κ3) is 66.4. The third-order valence-corrected chi connectivity index (χ3v) is 14.4. The van der Waals surface area contributed by atoms with Crippen LogP contribution in [0.25, 0.3) is 0 Å². The first-order chi connectivity index (χ1) is 40.5. The van der Waals surface area contributed by atoms with Gasteiger partial charge in [0.2, 0.25) is 0 Å². The van der Waals surface area contributed by atoms with Crippen molar-refractivity contribution >= 4 is 17.9 Å². The van der Waals surface area contributed by atoms with Crippen LogP contribution in [-0.4, -0.2) is 37.2 Å². The Kier molecular flexibility index (Phi) is 65.3.